The van der Waals surface area contributed by atoms with Gasteiger partial charge in [0, 0.05) is 12.7 Å². The van der Waals surface area contributed by atoms with Crippen molar-refractivity contribution in [2.45, 2.75) is 32.6 Å². The molecule has 2 saturated carbocycles. The average Bonchev–Trinajstić information content (AvgIpc) is 3.18. The summed E-state index contributed by atoms with van der Waals surface area (Å²) in [5.41, 5.74) is 0.585. The summed E-state index contributed by atoms with van der Waals surface area (Å²) >= 11 is 0. The predicted molar refractivity (Wildman–Crippen MR) is 66.6 cm³/mol. The zero-order valence-electron chi connectivity index (χ0n) is 10.4. The Balaban J connectivity index is 1.75. The molecule has 0 aromatic carbocycles. The lowest BCUT2D eigenvalue weighted by Gasteiger charge is -2.16. The minimum atomic E-state index is -0.978. The van der Waals surface area contributed by atoms with E-state index in [2.05, 4.69) is 15.3 Å². The number of carboxylic acid groups (broad SMARTS) is 1. The second-order valence-corrected chi connectivity index (χ2v) is 5.47. The van der Waals surface area contributed by atoms with Crippen molar-refractivity contribution in [1.29, 1.82) is 0 Å². The molecule has 0 aliphatic heterocycles. The standard InChI is InChI=1S/C13H17N3O2/c1-8-14-6-10(12(17)18)11(16-8)15-7-13(4-5-13)9-2-3-9/h6,9H,2-5,7H2,1H3,(H,17,18)(H,14,15,16). The molecule has 2 aliphatic rings. The fraction of sp³-hybridized carbons (Fsp3) is 0.615. The van der Waals surface area contributed by atoms with E-state index in [0.29, 0.717) is 17.1 Å². The first-order chi connectivity index (χ1) is 8.61. The quantitative estimate of drug-likeness (QED) is 0.833. The molecular formula is C13H17N3O2. The number of nitrogens with one attached hydrogen (secondary N) is 1. The van der Waals surface area contributed by atoms with Crippen LogP contribution in [0.2, 0.25) is 0 Å². The summed E-state index contributed by atoms with van der Waals surface area (Å²) in [5, 5.41) is 12.3. The maximum atomic E-state index is 11.1. The van der Waals surface area contributed by atoms with Gasteiger partial charge in [-0.3, -0.25) is 0 Å². The third-order valence-corrected chi connectivity index (χ3v) is 4.08. The van der Waals surface area contributed by atoms with Crippen LogP contribution in [0.4, 0.5) is 5.82 Å². The number of carboxylic acids is 1. The van der Waals surface area contributed by atoms with Gasteiger partial charge in [-0.2, -0.15) is 0 Å². The van der Waals surface area contributed by atoms with Crippen LogP contribution in [-0.4, -0.2) is 27.6 Å². The molecule has 0 radical (unpaired) electrons. The summed E-state index contributed by atoms with van der Waals surface area (Å²) in [6.45, 7) is 2.61. The van der Waals surface area contributed by atoms with Crippen molar-refractivity contribution in [2.75, 3.05) is 11.9 Å². The number of anilines is 1. The first-order valence-electron chi connectivity index (χ1n) is 6.41. The summed E-state index contributed by atoms with van der Waals surface area (Å²) in [6.07, 6.45) is 6.56. The van der Waals surface area contributed by atoms with Crippen LogP contribution in [0.25, 0.3) is 0 Å². The van der Waals surface area contributed by atoms with E-state index in [9.17, 15) is 4.79 Å². The minimum absolute atomic E-state index is 0.159. The zero-order chi connectivity index (χ0) is 12.8. The van der Waals surface area contributed by atoms with Crippen molar-refractivity contribution in [3.8, 4) is 0 Å². The van der Waals surface area contributed by atoms with E-state index in [1.165, 1.54) is 31.9 Å². The van der Waals surface area contributed by atoms with Gasteiger partial charge < -0.3 is 10.4 Å². The van der Waals surface area contributed by atoms with E-state index in [1.54, 1.807) is 6.92 Å². The SMILES string of the molecule is Cc1ncc(C(=O)O)c(NCC2(C3CC3)CC2)n1. The van der Waals surface area contributed by atoms with Crippen molar-refractivity contribution in [3.63, 3.8) is 0 Å². The number of nitrogens with zero attached hydrogens (tertiary/aromatic N) is 2. The molecule has 0 unspecified atom stereocenters. The van der Waals surface area contributed by atoms with Gasteiger partial charge in [-0.15, -0.1) is 0 Å². The number of aromatic carboxylic acids is 1. The first-order valence-corrected chi connectivity index (χ1v) is 6.41. The van der Waals surface area contributed by atoms with Gasteiger partial charge in [0.2, 0.25) is 0 Å². The molecule has 0 spiro atoms. The maximum Gasteiger partial charge on any atom is 0.341 e. The molecule has 18 heavy (non-hydrogen) atoms. The fourth-order valence-corrected chi connectivity index (χ4v) is 2.61. The van der Waals surface area contributed by atoms with E-state index >= 15 is 0 Å². The Hall–Kier alpha value is -1.65. The average molecular weight is 247 g/mol. The van der Waals surface area contributed by atoms with E-state index in [0.717, 1.165) is 12.5 Å². The van der Waals surface area contributed by atoms with Crippen molar-refractivity contribution in [3.05, 3.63) is 17.6 Å². The van der Waals surface area contributed by atoms with Crippen molar-refractivity contribution < 1.29 is 9.90 Å². The predicted octanol–water partition coefficient (Wildman–Crippen LogP) is 2.09. The molecule has 0 saturated heterocycles. The van der Waals surface area contributed by atoms with Crippen LogP contribution in [0.1, 0.15) is 41.9 Å². The minimum Gasteiger partial charge on any atom is -0.477 e. The van der Waals surface area contributed by atoms with Crippen molar-refractivity contribution >= 4 is 11.8 Å². The molecule has 1 heterocycles. The Morgan fingerprint density at radius 2 is 2.28 bits per heavy atom. The van der Waals surface area contributed by atoms with E-state index in [4.69, 9.17) is 5.11 Å². The lowest BCUT2D eigenvalue weighted by Crippen LogP contribution is -2.20. The summed E-state index contributed by atoms with van der Waals surface area (Å²) < 4.78 is 0. The van der Waals surface area contributed by atoms with Crippen LogP contribution in [-0.2, 0) is 0 Å². The molecule has 2 aliphatic carbocycles. The third-order valence-electron chi connectivity index (χ3n) is 4.08. The van der Waals surface area contributed by atoms with Crippen LogP contribution in [0, 0.1) is 18.3 Å². The number of hydrogen-bond donors (Lipinski definition) is 2. The number of rotatable bonds is 5. The molecule has 2 fully saturated rings. The summed E-state index contributed by atoms with van der Waals surface area (Å²) in [4.78, 5) is 19.2. The largest absolute Gasteiger partial charge is 0.477 e. The molecule has 96 valence electrons. The molecule has 2 N–H and O–H groups in total. The Labute approximate surface area is 106 Å². The summed E-state index contributed by atoms with van der Waals surface area (Å²) in [6, 6.07) is 0. The summed E-state index contributed by atoms with van der Waals surface area (Å²) in [7, 11) is 0. The van der Waals surface area contributed by atoms with Gasteiger partial charge in [0.25, 0.3) is 0 Å². The second-order valence-electron chi connectivity index (χ2n) is 5.47. The van der Waals surface area contributed by atoms with Gasteiger partial charge in [0.15, 0.2) is 0 Å². The van der Waals surface area contributed by atoms with Crippen molar-refractivity contribution in [2.24, 2.45) is 11.3 Å². The van der Waals surface area contributed by atoms with E-state index in [-0.39, 0.29) is 5.56 Å². The van der Waals surface area contributed by atoms with Gasteiger partial charge in [0.05, 0.1) is 0 Å². The Kier molecular flexibility index (Phi) is 2.50. The molecule has 3 rings (SSSR count). The lowest BCUT2D eigenvalue weighted by molar-refractivity contribution is 0.0697. The molecule has 1 aromatic rings. The topological polar surface area (TPSA) is 75.1 Å². The summed E-state index contributed by atoms with van der Waals surface area (Å²) in [5.74, 6) is 0.927. The van der Waals surface area contributed by atoms with Crippen LogP contribution < -0.4 is 5.32 Å². The third kappa shape index (κ3) is 2.05. The second kappa shape index (κ2) is 3.93. The van der Waals surface area contributed by atoms with E-state index in [1.807, 2.05) is 0 Å². The van der Waals surface area contributed by atoms with Gasteiger partial charge in [-0.05, 0) is 43.9 Å². The van der Waals surface area contributed by atoms with Crippen LogP contribution in [0.3, 0.4) is 0 Å². The fourth-order valence-electron chi connectivity index (χ4n) is 2.61. The Morgan fingerprint density at radius 1 is 1.56 bits per heavy atom. The lowest BCUT2D eigenvalue weighted by atomic mass is 10.0. The highest BCUT2D eigenvalue weighted by Gasteiger charge is 2.53. The number of carbonyl (C=O) groups is 1. The number of hydrogen-bond acceptors (Lipinski definition) is 4. The zero-order valence-corrected chi connectivity index (χ0v) is 10.4. The number of aryl methyl sites for hydroxylation is 1. The number of aromatic nitrogens is 2. The molecule has 0 bridgehead atoms. The Bertz CT molecular complexity index is 493. The molecule has 0 amide bonds. The van der Waals surface area contributed by atoms with Crippen LogP contribution in [0.5, 0.6) is 0 Å². The smallest absolute Gasteiger partial charge is 0.341 e. The molecular weight excluding hydrogens is 230 g/mol. The molecule has 0 atom stereocenters. The van der Waals surface area contributed by atoms with Gasteiger partial charge >= 0.3 is 5.97 Å². The van der Waals surface area contributed by atoms with Gasteiger partial charge in [-0.1, -0.05) is 0 Å². The van der Waals surface area contributed by atoms with Gasteiger partial charge in [-0.25, -0.2) is 14.8 Å². The monoisotopic (exact) mass is 247 g/mol. The highest BCUT2D eigenvalue weighted by molar-refractivity contribution is 5.92. The highest BCUT2D eigenvalue weighted by Crippen LogP contribution is 2.61. The Morgan fingerprint density at radius 3 is 2.83 bits per heavy atom. The maximum absolute atomic E-state index is 11.1. The van der Waals surface area contributed by atoms with Gasteiger partial charge in [0.1, 0.15) is 17.2 Å². The molecule has 5 heteroatoms. The molecule has 5 nitrogen and oxygen atoms in total. The van der Waals surface area contributed by atoms with Crippen LogP contribution >= 0.6 is 0 Å². The first kappa shape index (κ1) is 11.4. The van der Waals surface area contributed by atoms with Crippen LogP contribution in [0.15, 0.2) is 6.20 Å². The highest BCUT2D eigenvalue weighted by atomic mass is 16.4. The normalized spacial score (nSPS) is 20.5. The van der Waals surface area contributed by atoms with Crippen molar-refractivity contribution in [1.82, 2.24) is 9.97 Å². The molecule has 1 aromatic heterocycles. The van der Waals surface area contributed by atoms with E-state index < -0.39 is 5.97 Å².